The number of phenols is 3. The molecule has 0 saturated heterocycles. The molecule has 5 aromatic rings. The molecule has 0 amide bonds. The normalized spacial score (nSPS) is 10.8. The van der Waals surface area contributed by atoms with Gasteiger partial charge in [-0.05, 0) is 49.2 Å². The second kappa shape index (κ2) is 8.03. The highest BCUT2D eigenvalue weighted by atomic mass is 19.1. The monoisotopic (exact) mass is 416 g/mol. The third-order valence-electron chi connectivity index (χ3n) is 5.18. The van der Waals surface area contributed by atoms with Crippen LogP contribution in [0.15, 0.2) is 77.2 Å². The molecular formula is C26H21FO4. The van der Waals surface area contributed by atoms with Gasteiger partial charge in [0.15, 0.2) is 0 Å². The van der Waals surface area contributed by atoms with Gasteiger partial charge in [-0.15, -0.1) is 0 Å². The molecule has 0 radical (unpaired) electrons. The Morgan fingerprint density at radius 2 is 1.26 bits per heavy atom. The Balaban J connectivity index is 0.000000149. The van der Waals surface area contributed by atoms with Gasteiger partial charge in [-0.25, -0.2) is 4.39 Å². The summed E-state index contributed by atoms with van der Waals surface area (Å²) in [6.45, 7) is 3.64. The van der Waals surface area contributed by atoms with E-state index < -0.39 is 5.82 Å². The van der Waals surface area contributed by atoms with Crippen molar-refractivity contribution in [3.05, 3.63) is 89.7 Å². The summed E-state index contributed by atoms with van der Waals surface area (Å²) in [6.07, 6.45) is 0. The van der Waals surface area contributed by atoms with Gasteiger partial charge in [-0.2, -0.15) is 0 Å². The molecule has 0 spiro atoms. The van der Waals surface area contributed by atoms with Crippen LogP contribution >= 0.6 is 0 Å². The van der Waals surface area contributed by atoms with Gasteiger partial charge in [0.25, 0.3) is 0 Å². The number of aromatic hydroxyl groups is 3. The van der Waals surface area contributed by atoms with E-state index in [9.17, 15) is 19.7 Å². The van der Waals surface area contributed by atoms with E-state index in [-0.39, 0.29) is 28.4 Å². The minimum absolute atomic E-state index is 0.128. The van der Waals surface area contributed by atoms with Crippen LogP contribution in [-0.4, -0.2) is 15.3 Å². The highest BCUT2D eigenvalue weighted by Gasteiger charge is 2.14. The maximum Gasteiger partial charge on any atom is 0.139 e. The molecule has 1 heterocycles. The largest absolute Gasteiger partial charge is 0.507 e. The Hall–Kier alpha value is -3.99. The molecule has 0 fully saturated rings. The number of fused-ring (bicyclic) bond motifs is 3. The molecule has 0 atom stereocenters. The Morgan fingerprint density at radius 1 is 0.677 bits per heavy atom. The Bertz CT molecular complexity index is 1380. The number of benzene rings is 4. The molecule has 0 saturated carbocycles. The van der Waals surface area contributed by atoms with Gasteiger partial charge in [0.2, 0.25) is 0 Å². The molecule has 4 nitrogen and oxygen atoms in total. The number of hydrogen-bond donors (Lipinski definition) is 3. The Kier molecular flexibility index (Phi) is 5.26. The molecule has 3 N–H and O–H groups in total. The summed E-state index contributed by atoms with van der Waals surface area (Å²) < 4.78 is 19.5. The second-order valence-corrected chi connectivity index (χ2v) is 7.31. The van der Waals surface area contributed by atoms with E-state index in [2.05, 4.69) is 0 Å². The fourth-order valence-corrected chi connectivity index (χ4v) is 3.61. The Morgan fingerprint density at radius 3 is 2.00 bits per heavy atom. The molecule has 5 rings (SSSR count). The quantitative estimate of drug-likeness (QED) is 0.281. The number of aryl methyl sites for hydroxylation is 2. The number of hydrogen-bond acceptors (Lipinski definition) is 4. The van der Waals surface area contributed by atoms with Gasteiger partial charge in [-0.3, -0.25) is 0 Å². The molecule has 1 aromatic heterocycles. The van der Waals surface area contributed by atoms with Crippen molar-refractivity contribution in [3.63, 3.8) is 0 Å². The molecule has 0 aliphatic heterocycles. The maximum atomic E-state index is 13.8. The third-order valence-corrected chi connectivity index (χ3v) is 5.18. The van der Waals surface area contributed by atoms with E-state index in [1.165, 1.54) is 24.3 Å². The SMILES string of the molecule is Cc1cccc(-c2c(O)cccc2O)c1F.Cc1cccc2c1oc1cccc(O)c12. The van der Waals surface area contributed by atoms with Crippen LogP contribution in [0.25, 0.3) is 33.1 Å². The highest BCUT2D eigenvalue weighted by molar-refractivity contribution is 6.08. The average Bonchev–Trinajstić information content (AvgIpc) is 3.13. The van der Waals surface area contributed by atoms with Crippen LogP contribution in [0, 0.1) is 19.7 Å². The van der Waals surface area contributed by atoms with Gasteiger partial charge >= 0.3 is 0 Å². The summed E-state index contributed by atoms with van der Waals surface area (Å²) in [7, 11) is 0. The van der Waals surface area contributed by atoms with E-state index in [0.29, 0.717) is 5.56 Å². The number of furan rings is 1. The summed E-state index contributed by atoms with van der Waals surface area (Å²) in [5.41, 5.74) is 3.48. The van der Waals surface area contributed by atoms with Crippen LogP contribution in [0.2, 0.25) is 0 Å². The van der Waals surface area contributed by atoms with Crippen molar-refractivity contribution < 1.29 is 24.1 Å². The highest BCUT2D eigenvalue weighted by Crippen LogP contribution is 2.38. The third kappa shape index (κ3) is 3.66. The second-order valence-electron chi connectivity index (χ2n) is 7.31. The van der Waals surface area contributed by atoms with E-state index in [1.807, 2.05) is 31.2 Å². The molecule has 0 unspecified atom stereocenters. The van der Waals surface area contributed by atoms with Crippen LogP contribution in [0.3, 0.4) is 0 Å². The summed E-state index contributed by atoms with van der Waals surface area (Å²) in [5.74, 6) is -0.426. The smallest absolute Gasteiger partial charge is 0.139 e. The van der Waals surface area contributed by atoms with E-state index >= 15 is 0 Å². The first-order valence-corrected chi connectivity index (χ1v) is 9.74. The van der Waals surface area contributed by atoms with Crippen molar-refractivity contribution in [1.29, 1.82) is 0 Å². The van der Waals surface area contributed by atoms with Crippen molar-refractivity contribution in [2.75, 3.05) is 0 Å². The number of phenolic OH excluding ortho intramolecular Hbond substituents is 3. The number of rotatable bonds is 1. The first kappa shape index (κ1) is 20.3. The molecule has 0 aliphatic carbocycles. The first-order valence-electron chi connectivity index (χ1n) is 9.74. The van der Waals surface area contributed by atoms with Crippen molar-refractivity contribution in [2.45, 2.75) is 13.8 Å². The van der Waals surface area contributed by atoms with Crippen molar-refractivity contribution in [3.8, 4) is 28.4 Å². The van der Waals surface area contributed by atoms with Gasteiger partial charge in [-0.1, -0.05) is 48.5 Å². The lowest BCUT2D eigenvalue weighted by Gasteiger charge is -2.09. The summed E-state index contributed by atoms with van der Waals surface area (Å²) in [4.78, 5) is 0. The van der Waals surface area contributed by atoms with E-state index in [1.54, 1.807) is 31.2 Å². The Labute approximate surface area is 178 Å². The molecule has 31 heavy (non-hydrogen) atoms. The van der Waals surface area contributed by atoms with Crippen LogP contribution < -0.4 is 0 Å². The summed E-state index contributed by atoms with van der Waals surface area (Å²) in [6, 6.07) is 20.4. The van der Waals surface area contributed by atoms with Gasteiger partial charge in [0, 0.05) is 10.9 Å². The lowest BCUT2D eigenvalue weighted by Crippen LogP contribution is -1.89. The predicted octanol–water partition coefficient (Wildman–Crippen LogP) is 6.81. The molecular weight excluding hydrogens is 395 g/mol. The average molecular weight is 416 g/mol. The minimum atomic E-state index is -0.431. The zero-order chi connectivity index (χ0) is 22.1. The van der Waals surface area contributed by atoms with E-state index in [0.717, 1.165) is 27.5 Å². The zero-order valence-electron chi connectivity index (χ0n) is 17.1. The van der Waals surface area contributed by atoms with Crippen LogP contribution in [0.1, 0.15) is 11.1 Å². The zero-order valence-corrected chi connectivity index (χ0v) is 17.1. The van der Waals surface area contributed by atoms with Crippen LogP contribution in [0.4, 0.5) is 4.39 Å². The fourth-order valence-electron chi connectivity index (χ4n) is 3.61. The topological polar surface area (TPSA) is 73.8 Å². The van der Waals surface area contributed by atoms with Crippen LogP contribution in [0.5, 0.6) is 17.2 Å². The molecule has 4 aromatic carbocycles. The number of para-hydroxylation sites is 1. The maximum absolute atomic E-state index is 13.8. The lowest BCUT2D eigenvalue weighted by molar-refractivity contribution is 0.453. The van der Waals surface area contributed by atoms with Gasteiger partial charge in [0.05, 0.1) is 10.9 Å². The standard InChI is InChI=1S/C13H11FO2.C13H10O2/c1-8-4-2-5-9(13(8)14)12-10(15)6-3-7-11(12)16;1-8-4-2-5-9-12-10(14)6-3-7-11(12)15-13(8)9/h2-7,15-16H,1H3;2-7,14H,1H3. The number of halogens is 1. The predicted molar refractivity (Wildman–Crippen MR) is 120 cm³/mol. The fraction of sp³-hybridized carbons (Fsp3) is 0.0769. The van der Waals surface area contributed by atoms with Gasteiger partial charge < -0.3 is 19.7 Å². The van der Waals surface area contributed by atoms with Crippen LogP contribution in [-0.2, 0) is 0 Å². The summed E-state index contributed by atoms with van der Waals surface area (Å²) >= 11 is 0. The van der Waals surface area contributed by atoms with Crippen molar-refractivity contribution in [2.24, 2.45) is 0 Å². The summed E-state index contributed by atoms with van der Waals surface area (Å²) in [5, 5.41) is 30.8. The minimum Gasteiger partial charge on any atom is -0.507 e. The van der Waals surface area contributed by atoms with E-state index in [4.69, 9.17) is 4.42 Å². The van der Waals surface area contributed by atoms with Crippen molar-refractivity contribution in [1.82, 2.24) is 0 Å². The first-order chi connectivity index (χ1) is 14.9. The molecule has 5 heteroatoms. The lowest BCUT2D eigenvalue weighted by atomic mass is 10.0. The van der Waals surface area contributed by atoms with Gasteiger partial charge in [0.1, 0.15) is 34.2 Å². The molecule has 0 aliphatic rings. The molecule has 0 bridgehead atoms. The van der Waals surface area contributed by atoms with Crippen molar-refractivity contribution >= 4 is 21.9 Å². The molecule has 156 valence electrons.